The lowest BCUT2D eigenvalue weighted by Crippen LogP contribution is -2.59. The molecule has 0 fully saturated rings. The van der Waals surface area contributed by atoms with Crippen LogP contribution in [0.4, 0.5) is 0 Å². The fourth-order valence-corrected chi connectivity index (χ4v) is 7.65. The average molecular weight is 922 g/mol. The normalized spacial score (nSPS) is 14.4. The van der Waals surface area contributed by atoms with Gasteiger partial charge in [0.25, 0.3) is 0 Å². The zero-order valence-electron chi connectivity index (χ0n) is 39.0. The van der Waals surface area contributed by atoms with E-state index < -0.39 is 77.7 Å². The Balaban J connectivity index is 1.94. The van der Waals surface area contributed by atoms with Gasteiger partial charge in [0.1, 0.15) is 30.5 Å². The van der Waals surface area contributed by atoms with E-state index in [1.807, 2.05) is 50.2 Å². The quantitative estimate of drug-likeness (QED) is 0.0353. The van der Waals surface area contributed by atoms with E-state index in [9.17, 15) is 48.6 Å². The van der Waals surface area contributed by atoms with Crippen molar-refractivity contribution < 1.29 is 48.6 Å². The van der Waals surface area contributed by atoms with Crippen LogP contribution in [0.25, 0.3) is 0 Å². The number of aldehydes is 1. The van der Waals surface area contributed by atoms with Crippen molar-refractivity contribution in [3.8, 4) is 0 Å². The van der Waals surface area contributed by atoms with Crippen LogP contribution in [0.1, 0.15) is 135 Å². The number of carboxylic acids is 1. The summed E-state index contributed by atoms with van der Waals surface area (Å²) in [5.41, 5.74) is 12.9. The van der Waals surface area contributed by atoms with Crippen LogP contribution >= 0.6 is 0 Å². The molecule has 2 aromatic carbocycles. The van der Waals surface area contributed by atoms with E-state index in [0.29, 0.717) is 38.5 Å². The number of aliphatic hydroxyl groups is 1. The second kappa shape index (κ2) is 32.1. The van der Waals surface area contributed by atoms with Crippen molar-refractivity contribution in [2.24, 2.45) is 17.4 Å². The topological polar surface area (TPSA) is 289 Å². The SMILES string of the molecule is CC(C)C[C@H](NC(=O)[C@@H](NC(=O)CCCCCCCC(CCCCCCC=O)N[C@@H](CC(N)=O)C(=O)N[C@@H](CCc1ccccc1)C(=O)O)[C@H](C)O)C(=O)N[C@@H](Cc1ccccc1)C(N)=O. The van der Waals surface area contributed by atoms with Crippen molar-refractivity contribution in [1.82, 2.24) is 26.6 Å². The van der Waals surface area contributed by atoms with Gasteiger partial charge in [0.2, 0.25) is 35.4 Å². The molecule has 7 atom stereocenters. The number of aliphatic carboxylic acids is 1. The monoisotopic (exact) mass is 922 g/mol. The van der Waals surface area contributed by atoms with Gasteiger partial charge in [-0.15, -0.1) is 0 Å². The number of carboxylic acid groups (broad SMARTS) is 1. The van der Waals surface area contributed by atoms with Crippen LogP contribution in [0, 0.1) is 5.92 Å². The van der Waals surface area contributed by atoms with Gasteiger partial charge in [0, 0.05) is 25.3 Å². The number of nitrogens with two attached hydrogens (primary N) is 2. The molecule has 0 aliphatic rings. The molecule has 0 aromatic heterocycles. The summed E-state index contributed by atoms with van der Waals surface area (Å²) in [4.78, 5) is 100. The lowest BCUT2D eigenvalue weighted by atomic mass is 9.98. The van der Waals surface area contributed by atoms with E-state index in [1.165, 1.54) is 6.92 Å². The van der Waals surface area contributed by atoms with Gasteiger partial charge in [-0.1, -0.05) is 119 Å². The summed E-state index contributed by atoms with van der Waals surface area (Å²) in [6.07, 6.45) is 9.08. The van der Waals surface area contributed by atoms with Crippen LogP contribution in [0.15, 0.2) is 60.7 Å². The predicted molar refractivity (Wildman–Crippen MR) is 251 cm³/mol. The van der Waals surface area contributed by atoms with Crippen LogP contribution in [-0.2, 0) is 51.2 Å². The minimum absolute atomic E-state index is 0.0341. The molecule has 0 aliphatic heterocycles. The summed E-state index contributed by atoms with van der Waals surface area (Å²) in [6, 6.07) is 12.5. The molecular formula is C49H75N7O10. The van der Waals surface area contributed by atoms with Crippen LogP contribution in [-0.4, -0.2) is 100 Å². The Hall–Kier alpha value is -5.68. The van der Waals surface area contributed by atoms with Gasteiger partial charge in [-0.3, -0.25) is 28.8 Å². The number of primary amides is 2. The lowest BCUT2D eigenvalue weighted by Gasteiger charge is -2.27. The molecule has 2 rings (SSSR count). The Morgan fingerprint density at radius 3 is 1.70 bits per heavy atom. The first kappa shape index (κ1) is 56.4. The number of carbonyl (C=O) groups is 8. The highest BCUT2D eigenvalue weighted by Crippen LogP contribution is 2.16. The van der Waals surface area contributed by atoms with E-state index in [-0.39, 0.29) is 44.1 Å². The van der Waals surface area contributed by atoms with Crippen molar-refractivity contribution in [3.63, 3.8) is 0 Å². The van der Waals surface area contributed by atoms with Gasteiger partial charge in [-0.25, -0.2) is 4.79 Å². The molecule has 0 heterocycles. The second-order valence-electron chi connectivity index (χ2n) is 17.6. The Morgan fingerprint density at radius 2 is 1.15 bits per heavy atom. The Morgan fingerprint density at radius 1 is 0.621 bits per heavy atom. The molecule has 17 nitrogen and oxygen atoms in total. The lowest BCUT2D eigenvalue weighted by molar-refractivity contribution is -0.142. The Labute approximate surface area is 389 Å². The Bertz CT molecular complexity index is 1800. The smallest absolute Gasteiger partial charge is 0.326 e. The first-order chi connectivity index (χ1) is 31.5. The first-order valence-electron chi connectivity index (χ1n) is 23.5. The van der Waals surface area contributed by atoms with Crippen molar-refractivity contribution in [3.05, 3.63) is 71.8 Å². The molecule has 17 heteroatoms. The molecular weight excluding hydrogens is 847 g/mol. The summed E-state index contributed by atoms with van der Waals surface area (Å²) >= 11 is 0. The number of carbonyl (C=O) groups excluding carboxylic acids is 7. The zero-order chi connectivity index (χ0) is 48.9. The number of hydrogen-bond donors (Lipinski definition) is 9. The summed E-state index contributed by atoms with van der Waals surface area (Å²) in [6.45, 7) is 5.10. The van der Waals surface area contributed by atoms with Gasteiger partial charge in [0.05, 0.1) is 18.6 Å². The van der Waals surface area contributed by atoms with Crippen LogP contribution in [0.2, 0.25) is 0 Å². The zero-order valence-corrected chi connectivity index (χ0v) is 39.0. The number of nitrogens with one attached hydrogen (secondary N) is 5. The number of unbranched alkanes of at least 4 members (excludes halogenated alkanes) is 8. The standard InChI is InChI=1S/C49H75N7O10/c1-33(2)30-40(46(62)54-39(45(51)61)31-36-22-14-11-15-23-36)55-48(64)44(34(3)58)56-43(60)26-18-8-4-6-16-24-37(25-17-7-5-9-19-29-57)52-41(32-42(50)59)47(63)53-38(49(65)66)28-27-35-20-12-10-13-21-35/h10-15,20-23,29,33-34,37-41,44,52,58H,4-9,16-19,24-28,30-32H2,1-3H3,(H2,50,59)(H2,51,61)(H,53,63)(H,54,62)(H,55,64)(H,56,60)(H,65,66)/t34-,37?,38-,39-,40-,41-,44-/m0/s1. The summed E-state index contributed by atoms with van der Waals surface area (Å²) in [5, 5.41) is 34.2. The first-order valence-corrected chi connectivity index (χ1v) is 23.5. The third-order valence-corrected chi connectivity index (χ3v) is 11.3. The van der Waals surface area contributed by atoms with E-state index in [2.05, 4.69) is 26.6 Å². The minimum Gasteiger partial charge on any atom is -0.480 e. The molecule has 0 saturated heterocycles. The molecule has 11 N–H and O–H groups in total. The van der Waals surface area contributed by atoms with Crippen LogP contribution < -0.4 is 38.1 Å². The number of benzene rings is 2. The molecule has 0 saturated carbocycles. The maximum atomic E-state index is 13.5. The number of amides is 6. The fourth-order valence-electron chi connectivity index (χ4n) is 7.65. The van der Waals surface area contributed by atoms with Crippen LogP contribution in [0.3, 0.4) is 0 Å². The highest BCUT2D eigenvalue weighted by atomic mass is 16.4. The molecule has 66 heavy (non-hydrogen) atoms. The molecule has 2 aromatic rings. The van der Waals surface area contributed by atoms with Gasteiger partial charge in [-0.2, -0.15) is 0 Å². The van der Waals surface area contributed by atoms with Crippen molar-refractivity contribution in [1.29, 1.82) is 0 Å². The number of aliphatic hydroxyl groups excluding tert-OH is 1. The fraction of sp³-hybridized carbons (Fsp3) is 0.592. The largest absolute Gasteiger partial charge is 0.480 e. The molecule has 0 bridgehead atoms. The molecule has 1 unspecified atom stereocenters. The van der Waals surface area contributed by atoms with E-state index in [0.717, 1.165) is 62.4 Å². The second-order valence-corrected chi connectivity index (χ2v) is 17.6. The summed E-state index contributed by atoms with van der Waals surface area (Å²) in [5.74, 6) is -5.08. The van der Waals surface area contributed by atoms with Crippen molar-refractivity contribution in [2.75, 3.05) is 0 Å². The molecule has 0 spiro atoms. The van der Waals surface area contributed by atoms with Gasteiger partial charge >= 0.3 is 5.97 Å². The number of aryl methyl sites for hydroxylation is 1. The van der Waals surface area contributed by atoms with Crippen LogP contribution in [0.5, 0.6) is 0 Å². The van der Waals surface area contributed by atoms with Gasteiger partial charge in [0.15, 0.2) is 0 Å². The summed E-state index contributed by atoms with van der Waals surface area (Å²) < 4.78 is 0. The maximum absolute atomic E-state index is 13.5. The van der Waals surface area contributed by atoms with Crippen molar-refractivity contribution >= 4 is 47.7 Å². The molecule has 0 aliphatic carbocycles. The van der Waals surface area contributed by atoms with E-state index in [1.54, 1.807) is 24.3 Å². The van der Waals surface area contributed by atoms with Gasteiger partial charge < -0.3 is 53.1 Å². The van der Waals surface area contributed by atoms with Gasteiger partial charge in [-0.05, 0) is 68.9 Å². The third-order valence-electron chi connectivity index (χ3n) is 11.3. The average Bonchev–Trinajstić information content (AvgIpc) is 3.26. The third kappa shape index (κ3) is 24.0. The van der Waals surface area contributed by atoms with E-state index >= 15 is 0 Å². The number of rotatable bonds is 36. The predicted octanol–water partition coefficient (Wildman–Crippen LogP) is 3.27. The number of hydrogen-bond acceptors (Lipinski definition) is 10. The highest BCUT2D eigenvalue weighted by molar-refractivity contribution is 5.94. The molecule has 366 valence electrons. The maximum Gasteiger partial charge on any atom is 0.326 e. The molecule has 6 amide bonds. The molecule has 0 radical (unpaired) electrons. The minimum atomic E-state index is -1.34. The van der Waals surface area contributed by atoms with Crippen molar-refractivity contribution in [2.45, 2.75) is 179 Å². The summed E-state index contributed by atoms with van der Waals surface area (Å²) in [7, 11) is 0. The highest BCUT2D eigenvalue weighted by Gasteiger charge is 2.32. The Kier molecular flexibility index (Phi) is 27.4. The van der Waals surface area contributed by atoms with E-state index in [4.69, 9.17) is 11.5 Å².